The fourth-order valence-corrected chi connectivity index (χ4v) is 0.869. The molecule has 0 N–H and O–H groups in total. The number of ether oxygens (including phenoxy) is 1. The monoisotopic (exact) mass is 218 g/mol. The second kappa shape index (κ2) is 4.61. The van der Waals surface area contributed by atoms with Gasteiger partial charge in [0, 0.05) is 0 Å². The standard InChI is InChI=1S/C11H16F2O2/c1-6-11(5,9(12)13)7-8(14)15-10(2,3)4/h1,9H,7H2,2-5H3. The van der Waals surface area contributed by atoms with Gasteiger partial charge < -0.3 is 4.74 Å². The first-order chi connectivity index (χ1) is 6.60. The van der Waals surface area contributed by atoms with Crippen LogP contribution in [0.4, 0.5) is 8.78 Å². The Bertz CT molecular complexity index is 273. The summed E-state index contributed by atoms with van der Waals surface area (Å²) in [4.78, 5) is 11.3. The molecule has 0 bridgehead atoms. The van der Waals surface area contributed by atoms with Crippen molar-refractivity contribution in [3.63, 3.8) is 0 Å². The Morgan fingerprint density at radius 1 is 1.40 bits per heavy atom. The van der Waals surface area contributed by atoms with Gasteiger partial charge in [-0.15, -0.1) is 6.42 Å². The lowest BCUT2D eigenvalue weighted by atomic mass is 9.88. The number of rotatable bonds is 3. The van der Waals surface area contributed by atoms with E-state index in [2.05, 4.69) is 0 Å². The van der Waals surface area contributed by atoms with Gasteiger partial charge in [-0.2, -0.15) is 0 Å². The summed E-state index contributed by atoms with van der Waals surface area (Å²) in [6.45, 7) is 6.17. The summed E-state index contributed by atoms with van der Waals surface area (Å²) in [7, 11) is 0. The van der Waals surface area contributed by atoms with Crippen LogP contribution in [0.15, 0.2) is 0 Å². The van der Waals surface area contributed by atoms with Crippen LogP contribution in [0.3, 0.4) is 0 Å². The van der Waals surface area contributed by atoms with E-state index in [-0.39, 0.29) is 0 Å². The van der Waals surface area contributed by atoms with Gasteiger partial charge in [-0.05, 0) is 27.7 Å². The molecule has 0 amide bonds. The highest BCUT2D eigenvalue weighted by molar-refractivity contribution is 5.71. The Hall–Kier alpha value is -1.11. The molecule has 0 rings (SSSR count). The molecule has 0 aromatic carbocycles. The number of halogens is 2. The van der Waals surface area contributed by atoms with E-state index in [1.165, 1.54) is 6.92 Å². The smallest absolute Gasteiger partial charge is 0.308 e. The van der Waals surface area contributed by atoms with Gasteiger partial charge >= 0.3 is 5.97 Å². The molecule has 0 saturated carbocycles. The average molecular weight is 218 g/mol. The van der Waals surface area contributed by atoms with Crippen molar-refractivity contribution in [1.29, 1.82) is 0 Å². The van der Waals surface area contributed by atoms with Gasteiger partial charge in [0.05, 0.1) is 11.8 Å². The van der Waals surface area contributed by atoms with Crippen molar-refractivity contribution in [2.75, 3.05) is 0 Å². The summed E-state index contributed by atoms with van der Waals surface area (Å²) in [5.41, 5.74) is -2.43. The minimum Gasteiger partial charge on any atom is -0.460 e. The molecule has 0 heterocycles. The quantitative estimate of drug-likeness (QED) is 0.537. The molecule has 4 heteroatoms. The SMILES string of the molecule is C#CC(C)(CC(=O)OC(C)(C)C)C(F)F. The third-order valence-corrected chi connectivity index (χ3v) is 1.74. The Morgan fingerprint density at radius 2 is 1.87 bits per heavy atom. The molecule has 0 radical (unpaired) electrons. The normalized spacial score (nSPS) is 15.6. The first-order valence-corrected chi connectivity index (χ1v) is 4.58. The number of terminal acetylenes is 1. The van der Waals surface area contributed by atoms with E-state index in [9.17, 15) is 13.6 Å². The van der Waals surface area contributed by atoms with Gasteiger partial charge in [-0.3, -0.25) is 4.79 Å². The number of esters is 1. The van der Waals surface area contributed by atoms with E-state index in [1.807, 2.05) is 5.92 Å². The maximum absolute atomic E-state index is 12.5. The molecule has 1 atom stereocenters. The van der Waals surface area contributed by atoms with Crippen LogP contribution in [-0.4, -0.2) is 18.0 Å². The molecular formula is C11H16F2O2. The Kier molecular flexibility index (Phi) is 4.27. The Labute approximate surface area is 89.0 Å². The number of hydrogen-bond acceptors (Lipinski definition) is 2. The maximum Gasteiger partial charge on any atom is 0.308 e. The van der Waals surface area contributed by atoms with E-state index in [4.69, 9.17) is 11.2 Å². The summed E-state index contributed by atoms with van der Waals surface area (Å²) in [5.74, 6) is 1.24. The van der Waals surface area contributed by atoms with Crippen molar-refractivity contribution in [2.24, 2.45) is 5.41 Å². The number of hydrogen-bond donors (Lipinski definition) is 0. The summed E-state index contributed by atoms with van der Waals surface area (Å²) >= 11 is 0. The van der Waals surface area contributed by atoms with Gasteiger partial charge in [-0.25, -0.2) is 8.78 Å². The summed E-state index contributed by atoms with van der Waals surface area (Å²) in [6.07, 6.45) is 1.77. The lowest BCUT2D eigenvalue weighted by molar-refractivity contribution is -0.158. The van der Waals surface area contributed by atoms with Crippen molar-refractivity contribution in [2.45, 2.75) is 46.1 Å². The molecular weight excluding hydrogens is 202 g/mol. The highest BCUT2D eigenvalue weighted by Gasteiger charge is 2.36. The van der Waals surface area contributed by atoms with E-state index in [0.717, 1.165) is 0 Å². The van der Waals surface area contributed by atoms with E-state index < -0.39 is 29.8 Å². The van der Waals surface area contributed by atoms with Crippen LogP contribution in [0.2, 0.25) is 0 Å². The van der Waals surface area contributed by atoms with Crippen LogP contribution in [-0.2, 0) is 9.53 Å². The largest absolute Gasteiger partial charge is 0.460 e. The molecule has 0 aromatic heterocycles. The zero-order chi connectivity index (χ0) is 12.3. The first-order valence-electron chi connectivity index (χ1n) is 4.58. The van der Waals surface area contributed by atoms with Crippen LogP contribution >= 0.6 is 0 Å². The van der Waals surface area contributed by atoms with E-state index in [0.29, 0.717) is 0 Å². The lowest BCUT2D eigenvalue weighted by Gasteiger charge is -2.25. The van der Waals surface area contributed by atoms with Crippen LogP contribution < -0.4 is 0 Å². The third kappa shape index (κ3) is 4.78. The Morgan fingerprint density at radius 3 is 2.13 bits per heavy atom. The van der Waals surface area contributed by atoms with Gasteiger partial charge in [0.1, 0.15) is 5.60 Å². The zero-order valence-corrected chi connectivity index (χ0v) is 9.43. The molecule has 15 heavy (non-hydrogen) atoms. The number of alkyl halides is 2. The molecule has 0 saturated heterocycles. The molecule has 1 unspecified atom stereocenters. The van der Waals surface area contributed by atoms with Crippen molar-refractivity contribution < 1.29 is 18.3 Å². The van der Waals surface area contributed by atoms with E-state index >= 15 is 0 Å². The molecule has 86 valence electrons. The van der Waals surface area contributed by atoms with Gasteiger partial charge in [0.25, 0.3) is 6.43 Å². The van der Waals surface area contributed by atoms with Crippen LogP contribution in [0.1, 0.15) is 34.1 Å². The summed E-state index contributed by atoms with van der Waals surface area (Å²) in [6, 6.07) is 0. The minimum atomic E-state index is -2.74. The fourth-order valence-electron chi connectivity index (χ4n) is 0.869. The molecule has 0 spiro atoms. The molecule has 0 aromatic rings. The van der Waals surface area contributed by atoms with Crippen LogP contribution in [0.25, 0.3) is 0 Å². The number of carbonyl (C=O) groups excluding carboxylic acids is 1. The third-order valence-electron chi connectivity index (χ3n) is 1.74. The molecule has 0 aliphatic heterocycles. The highest BCUT2D eigenvalue weighted by Crippen LogP contribution is 2.29. The first kappa shape index (κ1) is 13.9. The predicted molar refractivity (Wildman–Crippen MR) is 53.4 cm³/mol. The summed E-state index contributed by atoms with van der Waals surface area (Å²) in [5, 5.41) is 0. The van der Waals surface area contributed by atoms with Crippen LogP contribution in [0, 0.1) is 17.8 Å². The topological polar surface area (TPSA) is 26.3 Å². The van der Waals surface area contributed by atoms with Gasteiger partial charge in [-0.1, -0.05) is 5.92 Å². The fraction of sp³-hybridized carbons (Fsp3) is 0.727. The Balaban J connectivity index is 4.47. The van der Waals surface area contributed by atoms with Gasteiger partial charge in [0.2, 0.25) is 0 Å². The lowest BCUT2D eigenvalue weighted by Crippen LogP contribution is -2.32. The second-order valence-corrected chi connectivity index (χ2v) is 4.63. The average Bonchev–Trinajstić information content (AvgIpc) is 1.99. The van der Waals surface area contributed by atoms with Crippen molar-refractivity contribution in [1.82, 2.24) is 0 Å². The molecule has 0 aliphatic rings. The maximum atomic E-state index is 12.5. The molecule has 0 aliphatic carbocycles. The number of carbonyl (C=O) groups is 1. The molecule has 2 nitrogen and oxygen atoms in total. The van der Waals surface area contributed by atoms with Crippen LogP contribution in [0.5, 0.6) is 0 Å². The summed E-state index contributed by atoms with van der Waals surface area (Å²) < 4.78 is 30.0. The van der Waals surface area contributed by atoms with Crippen molar-refractivity contribution in [3.05, 3.63) is 0 Å². The van der Waals surface area contributed by atoms with Gasteiger partial charge in [0.15, 0.2) is 0 Å². The highest BCUT2D eigenvalue weighted by atomic mass is 19.3. The van der Waals surface area contributed by atoms with Crippen molar-refractivity contribution >= 4 is 5.97 Å². The minimum absolute atomic E-state index is 0.474. The van der Waals surface area contributed by atoms with Crippen molar-refractivity contribution in [3.8, 4) is 12.3 Å². The second-order valence-electron chi connectivity index (χ2n) is 4.63. The van der Waals surface area contributed by atoms with E-state index in [1.54, 1.807) is 20.8 Å². The zero-order valence-electron chi connectivity index (χ0n) is 9.43. The molecule has 0 fully saturated rings. The predicted octanol–water partition coefficient (Wildman–Crippen LogP) is 2.62.